The summed E-state index contributed by atoms with van der Waals surface area (Å²) < 4.78 is 0. The van der Waals surface area contributed by atoms with E-state index in [1.54, 1.807) is 12.3 Å². The predicted octanol–water partition coefficient (Wildman–Crippen LogP) is 2.11. The molecule has 0 aliphatic carbocycles. The molecular weight excluding hydrogens is 360 g/mol. The van der Waals surface area contributed by atoms with Gasteiger partial charge in [0.25, 0.3) is 11.2 Å². The molecule has 1 N–H and O–H groups in total. The fourth-order valence-corrected chi connectivity index (χ4v) is 3.68. The Morgan fingerprint density at radius 2 is 2.04 bits per heavy atom. The number of benzene rings is 1. The second kappa shape index (κ2) is 7.35. The molecule has 9 heteroatoms. The van der Waals surface area contributed by atoms with Gasteiger partial charge in [-0.25, -0.2) is 4.98 Å². The molecule has 1 aromatic carbocycles. The van der Waals surface area contributed by atoms with Crippen LogP contribution in [0.5, 0.6) is 0 Å². The molecular formula is C19H20N6O3. The zero-order valence-corrected chi connectivity index (χ0v) is 15.4. The Hall–Kier alpha value is -3.33. The van der Waals surface area contributed by atoms with Crippen LogP contribution in [-0.4, -0.2) is 51.0 Å². The van der Waals surface area contributed by atoms with Crippen LogP contribution < -0.4 is 10.5 Å². The van der Waals surface area contributed by atoms with Crippen LogP contribution in [0.1, 0.15) is 18.5 Å². The number of H-pyrrole nitrogens is 1. The Labute approximate surface area is 160 Å². The van der Waals surface area contributed by atoms with Crippen molar-refractivity contribution >= 4 is 22.3 Å². The first kappa shape index (κ1) is 18.1. The zero-order chi connectivity index (χ0) is 19.7. The lowest BCUT2D eigenvalue weighted by Gasteiger charge is -2.39. The van der Waals surface area contributed by atoms with Crippen molar-refractivity contribution in [3.63, 3.8) is 0 Å². The van der Waals surface area contributed by atoms with Gasteiger partial charge < -0.3 is 9.88 Å². The van der Waals surface area contributed by atoms with Crippen molar-refractivity contribution in [2.45, 2.75) is 13.0 Å². The molecule has 144 valence electrons. The lowest BCUT2D eigenvalue weighted by molar-refractivity contribution is -0.384. The van der Waals surface area contributed by atoms with E-state index in [4.69, 9.17) is 0 Å². The zero-order valence-electron chi connectivity index (χ0n) is 15.4. The Kier molecular flexibility index (Phi) is 4.74. The maximum absolute atomic E-state index is 12.0. The van der Waals surface area contributed by atoms with Crippen LogP contribution in [0.2, 0.25) is 0 Å². The van der Waals surface area contributed by atoms with E-state index >= 15 is 0 Å². The minimum atomic E-state index is -0.439. The minimum absolute atomic E-state index is 0.0697. The molecule has 4 rings (SSSR count). The highest BCUT2D eigenvalue weighted by Crippen LogP contribution is 2.32. The summed E-state index contributed by atoms with van der Waals surface area (Å²) in [5.74, 6) is 0. The van der Waals surface area contributed by atoms with Gasteiger partial charge in [-0.15, -0.1) is 0 Å². The third-order valence-corrected chi connectivity index (χ3v) is 5.30. The number of fused-ring (bicyclic) bond motifs is 1. The fourth-order valence-electron chi connectivity index (χ4n) is 3.68. The Bertz CT molecular complexity index is 1060. The smallest absolute Gasteiger partial charge is 0.293 e. The highest BCUT2D eigenvalue weighted by atomic mass is 16.6. The number of piperazine rings is 1. The second-order valence-electron chi connectivity index (χ2n) is 6.83. The van der Waals surface area contributed by atoms with Gasteiger partial charge in [0, 0.05) is 50.7 Å². The fraction of sp³-hybridized carbons (Fsp3) is 0.316. The molecule has 0 spiro atoms. The molecule has 0 saturated carbocycles. The molecule has 1 unspecified atom stereocenters. The molecule has 3 aromatic rings. The van der Waals surface area contributed by atoms with Crippen LogP contribution in [0.15, 0.2) is 47.8 Å². The molecule has 0 bridgehead atoms. The molecule has 0 radical (unpaired) electrons. The Morgan fingerprint density at radius 1 is 1.25 bits per heavy atom. The molecule has 1 aliphatic heterocycles. The highest BCUT2D eigenvalue weighted by Gasteiger charge is 2.27. The molecule has 28 heavy (non-hydrogen) atoms. The molecule has 2 aromatic heterocycles. The number of anilines is 1. The van der Waals surface area contributed by atoms with Gasteiger partial charge in [0.1, 0.15) is 5.69 Å². The van der Waals surface area contributed by atoms with Crippen molar-refractivity contribution in [1.29, 1.82) is 0 Å². The molecule has 0 amide bonds. The molecule has 3 heterocycles. The van der Waals surface area contributed by atoms with E-state index in [1.807, 2.05) is 17.2 Å². The summed E-state index contributed by atoms with van der Waals surface area (Å²) in [5, 5.41) is 11.8. The van der Waals surface area contributed by atoms with Gasteiger partial charge in [0.15, 0.2) is 0 Å². The van der Waals surface area contributed by atoms with Gasteiger partial charge in [-0.2, -0.15) is 0 Å². The van der Waals surface area contributed by atoms with Gasteiger partial charge in [-0.1, -0.05) is 6.07 Å². The average molecular weight is 380 g/mol. The summed E-state index contributed by atoms with van der Waals surface area (Å²) >= 11 is 0. The van der Waals surface area contributed by atoms with E-state index in [0.717, 1.165) is 18.7 Å². The van der Waals surface area contributed by atoms with Crippen LogP contribution in [0, 0.1) is 10.1 Å². The monoisotopic (exact) mass is 380 g/mol. The largest absolute Gasteiger partial charge is 0.363 e. The van der Waals surface area contributed by atoms with Crippen molar-refractivity contribution in [3.8, 4) is 0 Å². The number of nitro benzene ring substituents is 1. The van der Waals surface area contributed by atoms with Crippen LogP contribution in [0.3, 0.4) is 0 Å². The van der Waals surface area contributed by atoms with E-state index in [0.29, 0.717) is 24.3 Å². The number of pyridine rings is 1. The van der Waals surface area contributed by atoms with Gasteiger partial charge in [-0.05, 0) is 24.6 Å². The summed E-state index contributed by atoms with van der Waals surface area (Å²) in [4.78, 5) is 38.2. The molecule has 1 aliphatic rings. The summed E-state index contributed by atoms with van der Waals surface area (Å²) in [6.07, 6.45) is 4.94. The SMILES string of the molecule is CC(c1cccnc1)N1CCN(c2cc3nc[nH]c(=O)c3cc2[N+](=O)[O-])CC1. The van der Waals surface area contributed by atoms with Gasteiger partial charge >= 0.3 is 0 Å². The first-order chi connectivity index (χ1) is 13.5. The maximum Gasteiger partial charge on any atom is 0.293 e. The average Bonchev–Trinajstić information content (AvgIpc) is 2.73. The van der Waals surface area contributed by atoms with Gasteiger partial charge in [-0.3, -0.25) is 24.8 Å². The van der Waals surface area contributed by atoms with Gasteiger partial charge in [0.2, 0.25) is 0 Å². The summed E-state index contributed by atoms with van der Waals surface area (Å²) in [5.41, 5.74) is 1.66. The number of rotatable bonds is 4. The van der Waals surface area contributed by atoms with Crippen LogP contribution in [0.4, 0.5) is 11.4 Å². The van der Waals surface area contributed by atoms with E-state index in [2.05, 4.69) is 32.8 Å². The first-order valence-electron chi connectivity index (χ1n) is 9.09. The van der Waals surface area contributed by atoms with Crippen LogP contribution in [0.25, 0.3) is 10.9 Å². The summed E-state index contributed by atoms with van der Waals surface area (Å²) in [6, 6.07) is 7.17. The molecule has 1 fully saturated rings. The van der Waals surface area contributed by atoms with E-state index < -0.39 is 4.92 Å². The van der Waals surface area contributed by atoms with Crippen molar-refractivity contribution in [2.24, 2.45) is 0 Å². The van der Waals surface area contributed by atoms with E-state index in [-0.39, 0.29) is 22.7 Å². The lowest BCUT2D eigenvalue weighted by atomic mass is 10.1. The Balaban J connectivity index is 1.59. The van der Waals surface area contributed by atoms with Gasteiger partial charge in [0.05, 0.1) is 22.2 Å². The lowest BCUT2D eigenvalue weighted by Crippen LogP contribution is -2.47. The van der Waals surface area contributed by atoms with Crippen molar-refractivity contribution in [1.82, 2.24) is 19.9 Å². The highest BCUT2D eigenvalue weighted by molar-refractivity contribution is 5.87. The standard InChI is InChI=1S/C19H20N6O3/c1-13(14-3-2-4-20-11-14)23-5-7-24(8-6-23)17-10-16-15(9-18(17)25(27)28)19(26)22-12-21-16/h2-4,9-13H,5-8H2,1H3,(H,21,22,26). The van der Waals surface area contributed by atoms with Crippen LogP contribution in [-0.2, 0) is 0 Å². The Morgan fingerprint density at radius 3 is 2.71 bits per heavy atom. The number of aromatic amines is 1. The summed E-state index contributed by atoms with van der Waals surface area (Å²) in [7, 11) is 0. The first-order valence-corrected chi connectivity index (χ1v) is 9.09. The number of nitrogens with zero attached hydrogens (tertiary/aromatic N) is 5. The van der Waals surface area contributed by atoms with E-state index in [1.165, 1.54) is 12.4 Å². The van der Waals surface area contributed by atoms with E-state index in [9.17, 15) is 14.9 Å². The predicted molar refractivity (Wildman–Crippen MR) is 105 cm³/mol. The number of nitro groups is 1. The molecule has 1 atom stereocenters. The summed E-state index contributed by atoms with van der Waals surface area (Å²) in [6.45, 7) is 4.99. The quantitative estimate of drug-likeness (QED) is 0.545. The topological polar surface area (TPSA) is 108 Å². The van der Waals surface area contributed by atoms with Crippen molar-refractivity contribution < 1.29 is 4.92 Å². The van der Waals surface area contributed by atoms with Crippen molar-refractivity contribution in [2.75, 3.05) is 31.1 Å². The number of aromatic nitrogens is 3. The maximum atomic E-state index is 12.0. The number of hydrogen-bond acceptors (Lipinski definition) is 7. The minimum Gasteiger partial charge on any atom is -0.363 e. The molecule has 9 nitrogen and oxygen atoms in total. The normalized spacial score (nSPS) is 16.2. The van der Waals surface area contributed by atoms with Crippen LogP contribution >= 0.6 is 0 Å². The number of hydrogen-bond donors (Lipinski definition) is 1. The third kappa shape index (κ3) is 3.31. The number of nitrogens with one attached hydrogen (secondary N) is 1. The second-order valence-corrected chi connectivity index (χ2v) is 6.83. The molecule has 1 saturated heterocycles. The van der Waals surface area contributed by atoms with Crippen molar-refractivity contribution in [3.05, 3.63) is 69.0 Å². The third-order valence-electron chi connectivity index (χ3n) is 5.30.